The molecule has 2 bridgehead atoms. The van der Waals surface area contributed by atoms with Crippen molar-refractivity contribution in [2.24, 2.45) is 23.7 Å². The summed E-state index contributed by atoms with van der Waals surface area (Å²) in [6.07, 6.45) is 3.12. The number of hydrogen-bond donors (Lipinski definition) is 1. The maximum atomic E-state index is 12.7. The SMILES string of the molecule is C[C@H]1[C@H](OC(=O)CCC(=O)NCCc2ccccc2)O[C@@H]2OC3(C)CC[C@H]4[C@H](C)CC[C@@H]1C24OO3. The lowest BCUT2D eigenvalue weighted by atomic mass is 9.58. The fraction of sp³-hybridized carbons (Fsp3) is 0.704. The van der Waals surface area contributed by atoms with Gasteiger partial charge in [0.15, 0.2) is 11.9 Å². The number of rotatable bonds is 7. The fourth-order valence-electron chi connectivity index (χ4n) is 6.49. The maximum absolute atomic E-state index is 12.7. The first-order valence-corrected chi connectivity index (χ1v) is 13.0. The number of carbonyl (C=O) groups is 2. The smallest absolute Gasteiger partial charge is 0.308 e. The normalized spacial score (nSPS) is 39.9. The van der Waals surface area contributed by atoms with Gasteiger partial charge < -0.3 is 19.5 Å². The van der Waals surface area contributed by atoms with E-state index in [1.54, 1.807) is 0 Å². The molecule has 1 spiro atoms. The van der Waals surface area contributed by atoms with Crippen LogP contribution in [0.1, 0.15) is 64.9 Å². The highest BCUT2D eigenvalue weighted by molar-refractivity contribution is 5.81. The predicted molar refractivity (Wildman–Crippen MR) is 125 cm³/mol. The van der Waals surface area contributed by atoms with Gasteiger partial charge in [0.2, 0.25) is 18.0 Å². The van der Waals surface area contributed by atoms with Crippen LogP contribution < -0.4 is 5.32 Å². The first kappa shape index (κ1) is 24.7. The third-order valence-corrected chi connectivity index (χ3v) is 8.48. The van der Waals surface area contributed by atoms with Gasteiger partial charge in [0.05, 0.1) is 6.42 Å². The molecule has 2 unspecified atom stereocenters. The molecule has 4 heterocycles. The summed E-state index contributed by atoms with van der Waals surface area (Å²) in [5.41, 5.74) is 0.472. The summed E-state index contributed by atoms with van der Waals surface area (Å²) >= 11 is 0. The van der Waals surface area contributed by atoms with Crippen molar-refractivity contribution >= 4 is 11.9 Å². The van der Waals surface area contributed by atoms with Crippen molar-refractivity contribution < 1.29 is 33.6 Å². The van der Waals surface area contributed by atoms with Crippen molar-refractivity contribution in [1.82, 2.24) is 5.32 Å². The van der Waals surface area contributed by atoms with Crippen LogP contribution in [0.5, 0.6) is 0 Å². The van der Waals surface area contributed by atoms with E-state index in [-0.39, 0.29) is 36.5 Å². The Bertz CT molecular complexity index is 925. The summed E-state index contributed by atoms with van der Waals surface area (Å²) in [6, 6.07) is 9.96. The molecule has 1 aliphatic carbocycles. The van der Waals surface area contributed by atoms with Gasteiger partial charge in [-0.2, -0.15) is 0 Å². The highest BCUT2D eigenvalue weighted by atomic mass is 17.3. The van der Waals surface area contributed by atoms with Gasteiger partial charge >= 0.3 is 5.97 Å². The van der Waals surface area contributed by atoms with Crippen molar-refractivity contribution in [3.63, 3.8) is 0 Å². The van der Waals surface area contributed by atoms with Crippen LogP contribution in [-0.2, 0) is 40.0 Å². The zero-order valence-electron chi connectivity index (χ0n) is 20.9. The minimum absolute atomic E-state index is 0.00205. The molecule has 1 N–H and O–H groups in total. The average molecular weight is 488 g/mol. The molecule has 1 amide bonds. The monoisotopic (exact) mass is 487 g/mol. The van der Waals surface area contributed by atoms with Crippen LogP contribution in [0.3, 0.4) is 0 Å². The zero-order chi connectivity index (χ0) is 24.6. The topological polar surface area (TPSA) is 92.3 Å². The molecule has 6 rings (SSSR count). The molecule has 8 nitrogen and oxygen atoms in total. The second-order valence-electron chi connectivity index (χ2n) is 10.8. The number of hydrogen-bond acceptors (Lipinski definition) is 7. The van der Waals surface area contributed by atoms with Crippen molar-refractivity contribution in [2.75, 3.05) is 6.54 Å². The Morgan fingerprint density at radius 1 is 1.06 bits per heavy atom. The first-order chi connectivity index (χ1) is 16.8. The highest BCUT2D eigenvalue weighted by Gasteiger charge is 2.69. The van der Waals surface area contributed by atoms with Gasteiger partial charge in [0.25, 0.3) is 0 Å². The number of fused-ring (bicyclic) bond motifs is 2. The molecule has 1 saturated carbocycles. The Labute approximate surface area is 206 Å². The molecule has 0 radical (unpaired) electrons. The van der Waals surface area contributed by atoms with E-state index in [1.165, 1.54) is 0 Å². The summed E-state index contributed by atoms with van der Waals surface area (Å²) in [5, 5.41) is 2.87. The number of esters is 1. The molecular weight excluding hydrogens is 450 g/mol. The van der Waals surface area contributed by atoms with Crippen molar-refractivity contribution in [3.05, 3.63) is 35.9 Å². The molecular formula is C27H37NO7. The Hall–Kier alpha value is -2.00. The van der Waals surface area contributed by atoms with Crippen LogP contribution in [0.2, 0.25) is 0 Å². The van der Waals surface area contributed by atoms with Gasteiger partial charge in [-0.1, -0.05) is 44.2 Å². The van der Waals surface area contributed by atoms with Crippen LogP contribution in [0.15, 0.2) is 30.3 Å². The van der Waals surface area contributed by atoms with Gasteiger partial charge in [-0.15, -0.1) is 0 Å². The lowest BCUT2D eigenvalue weighted by molar-refractivity contribution is -0.576. The predicted octanol–water partition coefficient (Wildman–Crippen LogP) is 3.88. The summed E-state index contributed by atoms with van der Waals surface area (Å²) in [5.74, 6) is -0.750. The van der Waals surface area contributed by atoms with Crippen LogP contribution in [-0.4, -0.2) is 42.4 Å². The average Bonchev–Trinajstić information content (AvgIpc) is 3.07. The molecule has 5 aliphatic rings. The number of carbonyl (C=O) groups excluding carboxylic acids is 2. The van der Waals surface area contributed by atoms with E-state index in [9.17, 15) is 9.59 Å². The van der Waals surface area contributed by atoms with E-state index in [1.807, 2.05) is 44.2 Å². The fourth-order valence-corrected chi connectivity index (χ4v) is 6.49. The van der Waals surface area contributed by atoms with Crippen LogP contribution in [0, 0.1) is 23.7 Å². The Balaban J connectivity index is 1.16. The second-order valence-corrected chi connectivity index (χ2v) is 10.8. The number of amides is 1. The first-order valence-electron chi connectivity index (χ1n) is 13.0. The minimum Gasteiger partial charge on any atom is -0.435 e. The molecule has 8 atom stereocenters. The van der Waals surface area contributed by atoms with Crippen LogP contribution >= 0.6 is 0 Å². The number of nitrogens with one attached hydrogen (secondary N) is 1. The highest BCUT2D eigenvalue weighted by Crippen LogP contribution is 2.60. The van der Waals surface area contributed by atoms with Gasteiger partial charge in [0, 0.05) is 31.2 Å². The summed E-state index contributed by atoms with van der Waals surface area (Å²) < 4.78 is 18.3. The summed E-state index contributed by atoms with van der Waals surface area (Å²) in [6.45, 7) is 6.71. The lowest BCUT2D eigenvalue weighted by Crippen LogP contribution is -2.70. The van der Waals surface area contributed by atoms with Crippen molar-refractivity contribution in [2.45, 2.75) is 89.7 Å². The Morgan fingerprint density at radius 3 is 2.66 bits per heavy atom. The van der Waals surface area contributed by atoms with Gasteiger partial charge in [-0.05, 0) is 50.0 Å². The summed E-state index contributed by atoms with van der Waals surface area (Å²) in [7, 11) is 0. The van der Waals surface area contributed by atoms with E-state index < -0.39 is 29.9 Å². The van der Waals surface area contributed by atoms with E-state index in [4.69, 9.17) is 24.0 Å². The summed E-state index contributed by atoms with van der Waals surface area (Å²) in [4.78, 5) is 36.8. The molecule has 0 aromatic heterocycles. The zero-order valence-corrected chi connectivity index (χ0v) is 20.9. The van der Waals surface area contributed by atoms with E-state index >= 15 is 0 Å². The molecule has 4 saturated heterocycles. The molecule has 8 heteroatoms. The largest absolute Gasteiger partial charge is 0.435 e. The van der Waals surface area contributed by atoms with E-state index in [2.05, 4.69) is 12.2 Å². The number of ether oxygens (including phenoxy) is 3. The minimum atomic E-state index is -0.871. The van der Waals surface area contributed by atoms with Crippen molar-refractivity contribution in [3.8, 4) is 0 Å². The third kappa shape index (κ3) is 4.73. The molecule has 1 aromatic carbocycles. The molecule has 1 aromatic rings. The molecule has 35 heavy (non-hydrogen) atoms. The molecule has 5 fully saturated rings. The lowest BCUT2D eigenvalue weighted by Gasteiger charge is -2.59. The van der Waals surface area contributed by atoms with Gasteiger partial charge in [-0.25, -0.2) is 9.78 Å². The van der Waals surface area contributed by atoms with Gasteiger partial charge in [-0.3, -0.25) is 9.59 Å². The van der Waals surface area contributed by atoms with Crippen LogP contribution in [0.4, 0.5) is 0 Å². The maximum Gasteiger partial charge on any atom is 0.308 e. The standard InChI is InChI=1S/C27H37NO7/c1-17-9-10-21-18(2)24(32-25-27(21)20(17)13-15-26(3,33-25)34-35-27)31-23(30)12-11-22(29)28-16-14-19-7-5-4-6-8-19/h4-8,17-18,20-21,24-25H,9-16H2,1-3H3,(H,28,29)/t17-,18-,20+,21+,24-,25-,26?,27?/m1/s1. The van der Waals surface area contributed by atoms with Gasteiger partial charge in [0.1, 0.15) is 0 Å². The second kappa shape index (κ2) is 9.81. The molecule has 192 valence electrons. The van der Waals surface area contributed by atoms with Crippen molar-refractivity contribution in [1.29, 1.82) is 0 Å². The van der Waals surface area contributed by atoms with E-state index in [0.717, 1.165) is 37.7 Å². The third-order valence-electron chi connectivity index (χ3n) is 8.48. The number of benzene rings is 1. The molecule has 4 aliphatic heterocycles. The quantitative estimate of drug-likeness (QED) is 0.461. The Kier molecular flexibility index (Phi) is 6.92. The van der Waals surface area contributed by atoms with Crippen LogP contribution in [0.25, 0.3) is 0 Å². The Morgan fingerprint density at radius 2 is 1.86 bits per heavy atom. The van der Waals surface area contributed by atoms with E-state index in [0.29, 0.717) is 12.5 Å².